The standard InChI is InChI=1S/C13H25BN2O4.C12H22N2O3/c1-9(2)8-10(13(18)20-4)15-12(17)11-6-5-7-16(11)14(3)19;1-8(2)7-10(12(16)17-3)14-11(15)9-5-4-6-13-9/h9-11,19H,5-8H2,1-4H3,(H,15,17);8-10,13H,4-7H2,1-3H3,(H,14,15). The Morgan fingerprint density at radius 2 is 1.43 bits per heavy atom. The van der Waals surface area contributed by atoms with Crippen LogP contribution in [0.2, 0.25) is 6.82 Å². The molecule has 4 unspecified atom stereocenters. The minimum atomic E-state index is -0.657. The van der Waals surface area contributed by atoms with Gasteiger partial charge in [0.15, 0.2) is 0 Å². The van der Waals surface area contributed by atoms with E-state index < -0.39 is 25.1 Å². The van der Waals surface area contributed by atoms with Crippen molar-refractivity contribution >= 4 is 30.8 Å². The first-order chi connectivity index (χ1) is 17.4. The molecule has 2 saturated heterocycles. The Morgan fingerprint density at radius 1 is 0.919 bits per heavy atom. The maximum Gasteiger partial charge on any atom is 0.377 e. The molecule has 0 spiro atoms. The zero-order valence-corrected chi connectivity index (χ0v) is 23.5. The molecule has 0 aromatic carbocycles. The van der Waals surface area contributed by atoms with Gasteiger partial charge in [-0.1, -0.05) is 27.7 Å². The second kappa shape index (κ2) is 16.6. The van der Waals surface area contributed by atoms with Crippen LogP contribution in [0.1, 0.15) is 66.2 Å². The third kappa shape index (κ3) is 11.4. The van der Waals surface area contributed by atoms with E-state index in [0.29, 0.717) is 31.7 Å². The molecule has 2 amide bonds. The molecule has 0 saturated carbocycles. The number of hydrogen-bond donors (Lipinski definition) is 4. The fraction of sp³-hybridized carbons (Fsp3) is 0.840. The molecular weight excluding hydrogens is 479 g/mol. The monoisotopic (exact) mass is 526 g/mol. The van der Waals surface area contributed by atoms with Gasteiger partial charge in [-0.15, -0.1) is 0 Å². The zero-order valence-electron chi connectivity index (χ0n) is 23.5. The van der Waals surface area contributed by atoms with Crippen molar-refractivity contribution < 1.29 is 33.7 Å². The summed E-state index contributed by atoms with van der Waals surface area (Å²) in [5.74, 6) is -0.497. The molecule has 12 heteroatoms. The topological polar surface area (TPSA) is 146 Å². The molecule has 0 aromatic heterocycles. The predicted molar refractivity (Wildman–Crippen MR) is 141 cm³/mol. The summed E-state index contributed by atoms with van der Waals surface area (Å²) in [5, 5.41) is 18.3. The zero-order chi connectivity index (χ0) is 28.1. The van der Waals surface area contributed by atoms with Crippen molar-refractivity contribution in [3.63, 3.8) is 0 Å². The summed E-state index contributed by atoms with van der Waals surface area (Å²) in [4.78, 5) is 49.2. The molecule has 37 heavy (non-hydrogen) atoms. The molecule has 2 rings (SSSR count). The Hall–Kier alpha value is -2.18. The fourth-order valence-electron chi connectivity index (χ4n) is 4.62. The lowest BCUT2D eigenvalue weighted by molar-refractivity contribution is -0.146. The SMILES string of the molecule is COC(=O)C(CC(C)C)NC(=O)C1CCCN1.COC(=O)C(CC(C)C)NC(=O)C1CCCN1B(C)O. The van der Waals surface area contributed by atoms with E-state index in [4.69, 9.17) is 9.47 Å². The summed E-state index contributed by atoms with van der Waals surface area (Å²) in [6.07, 6.45) is 4.56. The number of esters is 2. The van der Waals surface area contributed by atoms with Crippen LogP contribution in [-0.4, -0.2) is 92.1 Å². The molecule has 2 aliphatic heterocycles. The van der Waals surface area contributed by atoms with Crippen molar-refractivity contribution in [1.82, 2.24) is 20.8 Å². The van der Waals surface area contributed by atoms with Crippen molar-refractivity contribution in [1.29, 1.82) is 0 Å². The van der Waals surface area contributed by atoms with E-state index in [0.717, 1.165) is 25.8 Å². The number of amides is 2. The first-order valence-corrected chi connectivity index (χ1v) is 13.3. The summed E-state index contributed by atoms with van der Waals surface area (Å²) in [6.45, 7) is 11.2. The van der Waals surface area contributed by atoms with Gasteiger partial charge in [-0.2, -0.15) is 0 Å². The number of hydrogen-bond acceptors (Lipinski definition) is 9. The number of nitrogens with one attached hydrogen (secondary N) is 3. The van der Waals surface area contributed by atoms with E-state index in [9.17, 15) is 24.2 Å². The van der Waals surface area contributed by atoms with Crippen LogP contribution in [0, 0.1) is 11.8 Å². The van der Waals surface area contributed by atoms with Gasteiger partial charge >= 0.3 is 19.0 Å². The summed E-state index contributed by atoms with van der Waals surface area (Å²) in [6, 6.07) is -1.68. The fourth-order valence-corrected chi connectivity index (χ4v) is 4.62. The van der Waals surface area contributed by atoms with E-state index in [1.165, 1.54) is 14.2 Å². The Labute approximate surface area is 221 Å². The van der Waals surface area contributed by atoms with Crippen LogP contribution in [0.5, 0.6) is 0 Å². The molecule has 4 atom stereocenters. The lowest BCUT2D eigenvalue weighted by Crippen LogP contribution is -2.53. The number of carbonyl (C=O) groups is 4. The summed E-state index contributed by atoms with van der Waals surface area (Å²) >= 11 is 0. The van der Waals surface area contributed by atoms with Crippen molar-refractivity contribution in [3.8, 4) is 0 Å². The molecule has 0 aliphatic carbocycles. The molecule has 4 N–H and O–H groups in total. The van der Waals surface area contributed by atoms with Gasteiger partial charge in [0.05, 0.1) is 26.3 Å². The van der Waals surface area contributed by atoms with E-state index in [2.05, 4.69) is 16.0 Å². The highest BCUT2D eigenvalue weighted by atomic mass is 16.5. The third-order valence-corrected chi connectivity index (χ3v) is 6.47. The Bertz CT molecular complexity index is 745. The Morgan fingerprint density at radius 3 is 1.84 bits per heavy atom. The quantitative estimate of drug-likeness (QED) is 0.226. The van der Waals surface area contributed by atoms with Crippen molar-refractivity contribution in [2.75, 3.05) is 27.3 Å². The van der Waals surface area contributed by atoms with Gasteiger partial charge < -0.3 is 35.3 Å². The molecule has 2 aliphatic rings. The lowest BCUT2D eigenvalue weighted by Gasteiger charge is -2.26. The van der Waals surface area contributed by atoms with Crippen LogP contribution in [0.15, 0.2) is 0 Å². The van der Waals surface area contributed by atoms with Gasteiger partial charge in [0, 0.05) is 0 Å². The Kier molecular flexibility index (Phi) is 14.8. The van der Waals surface area contributed by atoms with Crippen molar-refractivity contribution in [2.45, 2.75) is 97.2 Å². The largest absolute Gasteiger partial charge is 0.467 e. The lowest BCUT2D eigenvalue weighted by atomic mass is 9.84. The molecule has 2 heterocycles. The molecule has 11 nitrogen and oxygen atoms in total. The van der Waals surface area contributed by atoms with Crippen LogP contribution >= 0.6 is 0 Å². The summed E-state index contributed by atoms with van der Waals surface area (Å²) < 4.78 is 9.44. The van der Waals surface area contributed by atoms with Gasteiger partial charge in [-0.25, -0.2) is 9.59 Å². The minimum Gasteiger partial charge on any atom is -0.467 e. The van der Waals surface area contributed by atoms with Crippen molar-refractivity contribution in [2.24, 2.45) is 11.8 Å². The number of carbonyl (C=O) groups excluding carboxylic acids is 4. The summed E-state index contributed by atoms with van der Waals surface area (Å²) in [7, 11) is 2.00. The highest BCUT2D eigenvalue weighted by molar-refractivity contribution is 6.45. The second-order valence-electron chi connectivity index (χ2n) is 10.6. The number of methoxy groups -OCH3 is 2. The number of nitrogens with zero attached hydrogens (tertiary/aromatic N) is 1. The molecule has 0 aromatic rings. The molecular formula is C25H47BN4O7. The normalized spacial score (nSPS) is 21.0. The van der Waals surface area contributed by atoms with E-state index >= 15 is 0 Å². The van der Waals surface area contributed by atoms with Crippen LogP contribution in [0.25, 0.3) is 0 Å². The average molecular weight is 526 g/mol. The number of rotatable bonds is 11. The highest BCUT2D eigenvalue weighted by Gasteiger charge is 2.36. The van der Waals surface area contributed by atoms with Gasteiger partial charge in [0.1, 0.15) is 12.1 Å². The maximum absolute atomic E-state index is 12.3. The number of ether oxygens (including phenoxy) is 2. The van der Waals surface area contributed by atoms with Gasteiger partial charge in [-0.05, 0) is 70.3 Å². The molecule has 212 valence electrons. The third-order valence-electron chi connectivity index (χ3n) is 6.47. The first kappa shape index (κ1) is 32.9. The van der Waals surface area contributed by atoms with Crippen molar-refractivity contribution in [3.05, 3.63) is 0 Å². The average Bonchev–Trinajstić information content (AvgIpc) is 3.54. The summed E-state index contributed by atoms with van der Waals surface area (Å²) in [5.41, 5.74) is 0. The van der Waals surface area contributed by atoms with Crippen LogP contribution in [-0.2, 0) is 28.7 Å². The molecule has 0 radical (unpaired) electrons. The highest BCUT2D eigenvalue weighted by Crippen LogP contribution is 2.19. The smallest absolute Gasteiger partial charge is 0.377 e. The Balaban J connectivity index is 0.000000375. The minimum absolute atomic E-state index is 0.0986. The van der Waals surface area contributed by atoms with Crippen LogP contribution in [0.4, 0.5) is 0 Å². The van der Waals surface area contributed by atoms with Gasteiger partial charge in [0.2, 0.25) is 11.8 Å². The van der Waals surface area contributed by atoms with E-state index in [1.54, 1.807) is 11.6 Å². The maximum atomic E-state index is 12.3. The van der Waals surface area contributed by atoms with Crippen LogP contribution < -0.4 is 16.0 Å². The van der Waals surface area contributed by atoms with Gasteiger partial charge in [0.25, 0.3) is 0 Å². The molecule has 0 bridgehead atoms. The first-order valence-electron chi connectivity index (χ1n) is 13.3. The predicted octanol–water partition coefficient (Wildman–Crippen LogP) is 0.707. The van der Waals surface area contributed by atoms with E-state index in [-0.39, 0.29) is 35.8 Å². The van der Waals surface area contributed by atoms with Gasteiger partial charge in [-0.3, -0.25) is 9.59 Å². The van der Waals surface area contributed by atoms with E-state index in [1.807, 2.05) is 27.7 Å². The van der Waals surface area contributed by atoms with Crippen LogP contribution in [0.3, 0.4) is 0 Å². The second-order valence-corrected chi connectivity index (χ2v) is 10.6. The molecule has 2 fully saturated rings.